The fraction of sp³-hybridized carbons (Fsp3) is 0.923. The van der Waals surface area contributed by atoms with E-state index in [9.17, 15) is 4.79 Å². The van der Waals surface area contributed by atoms with Crippen LogP contribution in [-0.4, -0.2) is 93.0 Å². The molecule has 6 heteroatoms. The molecule has 2 aliphatic rings. The zero-order chi connectivity index (χ0) is 13.5. The molecule has 0 radical (unpaired) electrons. The summed E-state index contributed by atoms with van der Waals surface area (Å²) in [7, 11) is 0. The van der Waals surface area contributed by atoms with Gasteiger partial charge in [0.25, 0.3) is 0 Å². The van der Waals surface area contributed by atoms with E-state index in [4.69, 9.17) is 9.47 Å². The Bertz CT molecular complexity index is 274. The van der Waals surface area contributed by atoms with E-state index in [1.165, 1.54) is 0 Å². The van der Waals surface area contributed by atoms with Crippen LogP contribution >= 0.6 is 0 Å². The van der Waals surface area contributed by atoms with Crippen molar-refractivity contribution in [3.8, 4) is 0 Å². The second-order valence-corrected chi connectivity index (χ2v) is 4.98. The Balaban J connectivity index is 1.61. The Kier molecular flexibility index (Phi) is 5.88. The van der Waals surface area contributed by atoms with Gasteiger partial charge in [0, 0.05) is 52.4 Å². The van der Waals surface area contributed by atoms with Crippen molar-refractivity contribution in [1.29, 1.82) is 0 Å². The van der Waals surface area contributed by atoms with E-state index in [-0.39, 0.29) is 6.09 Å². The van der Waals surface area contributed by atoms with E-state index in [0.29, 0.717) is 6.61 Å². The first-order valence-corrected chi connectivity index (χ1v) is 7.23. The van der Waals surface area contributed by atoms with Crippen LogP contribution in [0.4, 0.5) is 4.79 Å². The smallest absolute Gasteiger partial charge is 0.409 e. The Morgan fingerprint density at radius 2 is 1.58 bits per heavy atom. The van der Waals surface area contributed by atoms with Crippen molar-refractivity contribution in [1.82, 2.24) is 14.7 Å². The van der Waals surface area contributed by atoms with Gasteiger partial charge in [0.15, 0.2) is 0 Å². The quantitative estimate of drug-likeness (QED) is 0.725. The maximum Gasteiger partial charge on any atom is 0.409 e. The molecule has 0 aromatic rings. The van der Waals surface area contributed by atoms with E-state index in [1.54, 1.807) is 4.90 Å². The summed E-state index contributed by atoms with van der Waals surface area (Å²) in [6, 6.07) is 0. The van der Waals surface area contributed by atoms with E-state index in [1.807, 2.05) is 6.92 Å². The minimum absolute atomic E-state index is 0.171. The van der Waals surface area contributed by atoms with Gasteiger partial charge >= 0.3 is 6.09 Å². The van der Waals surface area contributed by atoms with Crippen molar-refractivity contribution in [2.24, 2.45) is 0 Å². The van der Waals surface area contributed by atoms with Crippen LogP contribution in [0.2, 0.25) is 0 Å². The lowest BCUT2D eigenvalue weighted by Gasteiger charge is -2.35. The summed E-state index contributed by atoms with van der Waals surface area (Å²) in [4.78, 5) is 18.2. The van der Waals surface area contributed by atoms with Crippen LogP contribution < -0.4 is 0 Å². The lowest BCUT2D eigenvalue weighted by Crippen LogP contribution is -2.51. The standard InChI is InChI=1S/C13H25N3O3/c1-2-19-13(17)16-7-5-14(6-8-16)3-4-15-9-11-18-12-10-15/h2-12H2,1H3. The summed E-state index contributed by atoms with van der Waals surface area (Å²) in [5.41, 5.74) is 0. The number of carbonyl (C=O) groups excluding carboxylic acids is 1. The van der Waals surface area contributed by atoms with Gasteiger partial charge in [-0.2, -0.15) is 0 Å². The zero-order valence-corrected chi connectivity index (χ0v) is 11.8. The van der Waals surface area contributed by atoms with Crippen LogP contribution in [0.5, 0.6) is 0 Å². The number of ether oxygens (including phenoxy) is 2. The third kappa shape index (κ3) is 4.63. The van der Waals surface area contributed by atoms with Gasteiger partial charge in [0.2, 0.25) is 0 Å². The van der Waals surface area contributed by atoms with Crippen LogP contribution in [0.15, 0.2) is 0 Å². The van der Waals surface area contributed by atoms with Gasteiger partial charge in [0.1, 0.15) is 0 Å². The molecule has 0 spiro atoms. The van der Waals surface area contributed by atoms with Gasteiger partial charge in [0.05, 0.1) is 19.8 Å². The first kappa shape index (κ1) is 14.6. The molecule has 2 heterocycles. The van der Waals surface area contributed by atoms with Crippen molar-refractivity contribution in [3.63, 3.8) is 0 Å². The highest BCUT2D eigenvalue weighted by atomic mass is 16.6. The predicted molar refractivity (Wildman–Crippen MR) is 72.3 cm³/mol. The Labute approximate surface area is 115 Å². The lowest BCUT2D eigenvalue weighted by atomic mass is 10.3. The minimum Gasteiger partial charge on any atom is -0.450 e. The number of piperazine rings is 1. The Hall–Kier alpha value is -0.850. The van der Waals surface area contributed by atoms with Crippen molar-refractivity contribution < 1.29 is 14.3 Å². The number of carbonyl (C=O) groups is 1. The molecule has 19 heavy (non-hydrogen) atoms. The van der Waals surface area contributed by atoms with Crippen LogP contribution in [0.3, 0.4) is 0 Å². The number of amides is 1. The van der Waals surface area contributed by atoms with Crippen molar-refractivity contribution in [2.45, 2.75) is 6.92 Å². The first-order valence-electron chi connectivity index (χ1n) is 7.23. The van der Waals surface area contributed by atoms with Gasteiger partial charge in [-0.3, -0.25) is 9.80 Å². The molecule has 0 bridgehead atoms. The average Bonchev–Trinajstić information content (AvgIpc) is 2.47. The topological polar surface area (TPSA) is 45.2 Å². The van der Waals surface area contributed by atoms with Crippen LogP contribution in [0, 0.1) is 0 Å². The third-order valence-electron chi connectivity index (χ3n) is 3.73. The zero-order valence-electron chi connectivity index (χ0n) is 11.8. The SMILES string of the molecule is CCOC(=O)N1CCN(CCN2CCOCC2)CC1. The number of hydrogen-bond acceptors (Lipinski definition) is 5. The van der Waals surface area contributed by atoms with Gasteiger partial charge in [-0.05, 0) is 6.92 Å². The largest absolute Gasteiger partial charge is 0.450 e. The number of morpholine rings is 1. The van der Waals surface area contributed by atoms with Gasteiger partial charge in [-0.25, -0.2) is 4.79 Å². The summed E-state index contributed by atoms with van der Waals surface area (Å²) >= 11 is 0. The Morgan fingerprint density at radius 1 is 1.00 bits per heavy atom. The molecule has 2 aliphatic heterocycles. The number of nitrogens with zero attached hydrogens (tertiary/aromatic N) is 3. The average molecular weight is 271 g/mol. The molecule has 0 saturated carbocycles. The molecule has 1 amide bonds. The van der Waals surface area contributed by atoms with E-state index in [0.717, 1.165) is 65.6 Å². The van der Waals surface area contributed by atoms with Gasteiger partial charge in [-0.15, -0.1) is 0 Å². The fourth-order valence-electron chi connectivity index (χ4n) is 2.48. The van der Waals surface area contributed by atoms with Crippen LogP contribution in [0.25, 0.3) is 0 Å². The summed E-state index contributed by atoms with van der Waals surface area (Å²) in [6.07, 6.45) is -0.171. The summed E-state index contributed by atoms with van der Waals surface area (Å²) in [6.45, 7) is 11.7. The fourth-order valence-corrected chi connectivity index (χ4v) is 2.48. The molecule has 0 unspecified atom stereocenters. The summed E-state index contributed by atoms with van der Waals surface area (Å²) in [5.74, 6) is 0. The lowest BCUT2D eigenvalue weighted by molar-refractivity contribution is 0.0291. The predicted octanol–water partition coefficient (Wildman–Crippen LogP) is 0.0927. The van der Waals surface area contributed by atoms with E-state index < -0.39 is 0 Å². The molecular weight excluding hydrogens is 246 g/mol. The Morgan fingerprint density at radius 3 is 2.16 bits per heavy atom. The number of hydrogen-bond donors (Lipinski definition) is 0. The molecule has 2 fully saturated rings. The van der Waals surface area contributed by atoms with Gasteiger partial charge < -0.3 is 14.4 Å². The molecule has 0 aromatic heterocycles. The van der Waals surface area contributed by atoms with Crippen molar-refractivity contribution in [2.75, 3.05) is 72.2 Å². The molecule has 0 aliphatic carbocycles. The molecule has 0 aromatic carbocycles. The highest BCUT2D eigenvalue weighted by Gasteiger charge is 2.22. The summed E-state index contributed by atoms with van der Waals surface area (Å²) in [5, 5.41) is 0. The molecule has 0 N–H and O–H groups in total. The molecule has 0 atom stereocenters. The second kappa shape index (κ2) is 7.67. The molecule has 6 nitrogen and oxygen atoms in total. The highest BCUT2D eigenvalue weighted by Crippen LogP contribution is 2.04. The van der Waals surface area contributed by atoms with Crippen molar-refractivity contribution >= 4 is 6.09 Å². The van der Waals surface area contributed by atoms with Gasteiger partial charge in [-0.1, -0.05) is 0 Å². The van der Waals surface area contributed by atoms with Crippen LogP contribution in [0.1, 0.15) is 6.92 Å². The first-order chi connectivity index (χ1) is 9.29. The van der Waals surface area contributed by atoms with Crippen molar-refractivity contribution in [3.05, 3.63) is 0 Å². The molecular formula is C13H25N3O3. The van der Waals surface area contributed by atoms with Crippen LogP contribution in [-0.2, 0) is 9.47 Å². The maximum atomic E-state index is 11.6. The summed E-state index contributed by atoms with van der Waals surface area (Å²) < 4.78 is 10.4. The maximum absolute atomic E-state index is 11.6. The number of rotatable bonds is 4. The molecule has 2 saturated heterocycles. The highest BCUT2D eigenvalue weighted by molar-refractivity contribution is 5.67. The van der Waals surface area contributed by atoms with E-state index >= 15 is 0 Å². The third-order valence-corrected chi connectivity index (χ3v) is 3.73. The minimum atomic E-state index is -0.171. The molecule has 110 valence electrons. The second-order valence-electron chi connectivity index (χ2n) is 4.98. The monoisotopic (exact) mass is 271 g/mol. The normalized spacial score (nSPS) is 22.5. The van der Waals surface area contributed by atoms with E-state index in [2.05, 4.69) is 9.80 Å². The molecule has 2 rings (SSSR count).